The molecule has 0 heterocycles. The van der Waals surface area contributed by atoms with Gasteiger partial charge >= 0.3 is 0 Å². The lowest BCUT2D eigenvalue weighted by Gasteiger charge is -2.20. The number of benzene rings is 3. The summed E-state index contributed by atoms with van der Waals surface area (Å²) in [6, 6.07) is 15.7. The molecule has 3 aromatic carbocycles. The van der Waals surface area contributed by atoms with E-state index in [0.717, 1.165) is 10.4 Å². The lowest BCUT2D eigenvalue weighted by Crippen LogP contribution is -2.26. The van der Waals surface area contributed by atoms with Crippen molar-refractivity contribution in [3.05, 3.63) is 82.4 Å². The normalized spacial score (nSPS) is 10.9. The summed E-state index contributed by atoms with van der Waals surface area (Å²) >= 11 is 0. The lowest BCUT2D eigenvalue weighted by atomic mass is 10.2. The number of sulfonamides is 1. The lowest BCUT2D eigenvalue weighted by molar-refractivity contribution is -0.384. The Labute approximate surface area is 190 Å². The van der Waals surface area contributed by atoms with Crippen LogP contribution in [0.1, 0.15) is 10.4 Å². The fraction of sp³-hybridized carbons (Fsp3) is 0.136. The Morgan fingerprint density at radius 2 is 1.70 bits per heavy atom. The molecule has 0 saturated heterocycles. The first-order valence-electron chi connectivity index (χ1n) is 9.54. The third-order valence-electron chi connectivity index (χ3n) is 4.83. The molecule has 0 aliphatic carbocycles. The van der Waals surface area contributed by atoms with Crippen LogP contribution < -0.4 is 19.1 Å². The van der Waals surface area contributed by atoms with Gasteiger partial charge in [0.2, 0.25) is 0 Å². The first-order valence-corrected chi connectivity index (χ1v) is 11.0. The van der Waals surface area contributed by atoms with Crippen LogP contribution in [0.25, 0.3) is 0 Å². The minimum absolute atomic E-state index is 0.0489. The molecule has 0 fully saturated rings. The molecule has 33 heavy (non-hydrogen) atoms. The Bertz CT molecular complexity index is 1290. The largest absolute Gasteiger partial charge is 0.497 e. The molecule has 1 amide bonds. The van der Waals surface area contributed by atoms with E-state index in [-0.39, 0.29) is 27.6 Å². The molecule has 0 unspecified atom stereocenters. The van der Waals surface area contributed by atoms with Gasteiger partial charge < -0.3 is 14.8 Å². The van der Waals surface area contributed by atoms with Crippen LogP contribution in [0.15, 0.2) is 71.6 Å². The summed E-state index contributed by atoms with van der Waals surface area (Å²) in [6.45, 7) is 0. The number of methoxy groups -OCH3 is 2. The number of nitro groups is 1. The smallest absolute Gasteiger partial charge is 0.271 e. The summed E-state index contributed by atoms with van der Waals surface area (Å²) in [5.74, 6) is 0.148. The number of hydrogen-bond acceptors (Lipinski definition) is 7. The van der Waals surface area contributed by atoms with Gasteiger partial charge in [0.1, 0.15) is 11.5 Å². The van der Waals surface area contributed by atoms with Crippen LogP contribution in [-0.2, 0) is 10.0 Å². The molecule has 3 aromatic rings. The number of carbonyl (C=O) groups is 1. The van der Waals surface area contributed by atoms with Crippen LogP contribution in [-0.4, -0.2) is 40.5 Å². The molecule has 0 aliphatic rings. The highest BCUT2D eigenvalue weighted by Crippen LogP contribution is 2.30. The van der Waals surface area contributed by atoms with E-state index in [0.29, 0.717) is 11.4 Å². The highest BCUT2D eigenvalue weighted by Gasteiger charge is 2.23. The van der Waals surface area contributed by atoms with E-state index in [1.807, 2.05) is 0 Å². The van der Waals surface area contributed by atoms with Crippen molar-refractivity contribution in [2.24, 2.45) is 0 Å². The topological polar surface area (TPSA) is 128 Å². The fourth-order valence-corrected chi connectivity index (χ4v) is 4.23. The summed E-state index contributed by atoms with van der Waals surface area (Å²) < 4.78 is 37.5. The van der Waals surface area contributed by atoms with Crippen molar-refractivity contribution < 1.29 is 27.6 Å². The minimum atomic E-state index is -3.97. The maximum atomic E-state index is 13.1. The second-order valence-corrected chi connectivity index (χ2v) is 8.76. The van der Waals surface area contributed by atoms with Gasteiger partial charge in [0.25, 0.3) is 21.6 Å². The average Bonchev–Trinajstić information content (AvgIpc) is 2.83. The van der Waals surface area contributed by atoms with E-state index in [9.17, 15) is 23.3 Å². The third kappa shape index (κ3) is 5.04. The molecule has 11 heteroatoms. The summed E-state index contributed by atoms with van der Waals surface area (Å²) in [5.41, 5.74) is 0.309. The molecule has 10 nitrogen and oxygen atoms in total. The summed E-state index contributed by atoms with van der Waals surface area (Å²) in [7, 11) is 0.297. The van der Waals surface area contributed by atoms with Crippen LogP contribution in [0.3, 0.4) is 0 Å². The zero-order valence-corrected chi connectivity index (χ0v) is 18.8. The Morgan fingerprint density at radius 1 is 1.00 bits per heavy atom. The number of non-ortho nitro benzene ring substituents is 1. The van der Waals surface area contributed by atoms with Crippen LogP contribution in [0.5, 0.6) is 11.5 Å². The van der Waals surface area contributed by atoms with Crippen LogP contribution in [0, 0.1) is 10.1 Å². The number of anilines is 2. The van der Waals surface area contributed by atoms with Crippen molar-refractivity contribution >= 4 is 33.0 Å². The maximum Gasteiger partial charge on any atom is 0.271 e. The highest BCUT2D eigenvalue weighted by molar-refractivity contribution is 7.92. The number of nitrogens with zero attached hydrogens (tertiary/aromatic N) is 2. The van der Waals surface area contributed by atoms with Crippen molar-refractivity contribution in [1.29, 1.82) is 0 Å². The predicted molar refractivity (Wildman–Crippen MR) is 123 cm³/mol. The molecule has 1 N–H and O–H groups in total. The van der Waals surface area contributed by atoms with Gasteiger partial charge in [0.15, 0.2) is 0 Å². The van der Waals surface area contributed by atoms with Crippen molar-refractivity contribution in [3.63, 3.8) is 0 Å². The van der Waals surface area contributed by atoms with E-state index >= 15 is 0 Å². The Hall–Kier alpha value is -4.12. The third-order valence-corrected chi connectivity index (χ3v) is 6.61. The number of nitro benzene ring substituents is 1. The minimum Gasteiger partial charge on any atom is -0.497 e. The number of carbonyl (C=O) groups excluding carboxylic acids is 1. The summed E-state index contributed by atoms with van der Waals surface area (Å²) in [4.78, 5) is 23.2. The van der Waals surface area contributed by atoms with Crippen LogP contribution in [0.2, 0.25) is 0 Å². The van der Waals surface area contributed by atoms with Gasteiger partial charge in [-0.15, -0.1) is 0 Å². The SMILES string of the molecule is COc1ccc(N(C)S(=O)(=O)c2cccc(C(=O)Nc3cc([N+](=O)[O-])ccc3OC)c2)cc1. The number of rotatable bonds is 8. The number of ether oxygens (including phenoxy) is 2. The molecule has 172 valence electrons. The molecule has 3 rings (SSSR count). The second-order valence-electron chi connectivity index (χ2n) is 6.79. The van der Waals surface area contributed by atoms with Crippen molar-refractivity contribution in [2.45, 2.75) is 4.90 Å². The predicted octanol–water partition coefficient (Wildman–Crippen LogP) is 3.69. The Balaban J connectivity index is 1.89. The number of nitrogens with one attached hydrogen (secondary N) is 1. The fourth-order valence-electron chi connectivity index (χ4n) is 2.99. The van der Waals surface area contributed by atoms with E-state index in [1.54, 1.807) is 24.3 Å². The molecule has 0 saturated carbocycles. The van der Waals surface area contributed by atoms with Crippen molar-refractivity contribution in [2.75, 3.05) is 30.9 Å². The van der Waals surface area contributed by atoms with Crippen molar-refractivity contribution in [3.8, 4) is 11.5 Å². The van der Waals surface area contributed by atoms with Gasteiger partial charge in [-0.25, -0.2) is 8.42 Å². The molecular formula is C22H21N3O7S. The van der Waals surface area contributed by atoms with Gasteiger partial charge in [0.05, 0.1) is 35.4 Å². The summed E-state index contributed by atoms with van der Waals surface area (Å²) in [5, 5.41) is 13.6. The van der Waals surface area contributed by atoms with Gasteiger partial charge in [-0.3, -0.25) is 19.2 Å². The van der Waals surface area contributed by atoms with E-state index in [2.05, 4.69) is 5.32 Å². The maximum absolute atomic E-state index is 13.1. The summed E-state index contributed by atoms with van der Waals surface area (Å²) in [6.07, 6.45) is 0. The van der Waals surface area contributed by atoms with Crippen LogP contribution >= 0.6 is 0 Å². The average molecular weight is 471 g/mol. The molecule has 0 spiro atoms. The van der Waals surface area contributed by atoms with Crippen LogP contribution in [0.4, 0.5) is 17.1 Å². The molecular weight excluding hydrogens is 450 g/mol. The Kier molecular flexibility index (Phi) is 6.83. The molecule has 0 bridgehead atoms. The number of hydrogen-bond donors (Lipinski definition) is 1. The molecule has 0 aromatic heterocycles. The molecule has 0 radical (unpaired) electrons. The van der Waals surface area contributed by atoms with Gasteiger partial charge in [-0.05, 0) is 48.5 Å². The first kappa shape index (κ1) is 23.5. The zero-order valence-electron chi connectivity index (χ0n) is 18.0. The quantitative estimate of drug-likeness (QED) is 0.392. The van der Waals surface area contributed by atoms with Gasteiger partial charge in [-0.1, -0.05) is 6.07 Å². The zero-order chi connectivity index (χ0) is 24.2. The van der Waals surface area contributed by atoms with E-state index < -0.39 is 20.9 Å². The molecule has 0 aliphatic heterocycles. The van der Waals surface area contributed by atoms with E-state index in [4.69, 9.17) is 9.47 Å². The monoisotopic (exact) mass is 471 g/mol. The molecule has 0 atom stereocenters. The van der Waals surface area contributed by atoms with Gasteiger partial charge in [-0.2, -0.15) is 0 Å². The Morgan fingerprint density at radius 3 is 2.30 bits per heavy atom. The van der Waals surface area contributed by atoms with Gasteiger partial charge in [0, 0.05) is 24.7 Å². The van der Waals surface area contributed by atoms with Crippen molar-refractivity contribution in [1.82, 2.24) is 0 Å². The second kappa shape index (κ2) is 9.57. The number of amides is 1. The first-order chi connectivity index (χ1) is 15.7. The highest BCUT2D eigenvalue weighted by atomic mass is 32.2. The van der Waals surface area contributed by atoms with E-state index in [1.165, 1.54) is 57.7 Å². The standard InChI is InChI=1S/C22H21N3O7S/c1-24(16-7-10-18(31-2)11-8-16)33(29,30)19-6-4-5-15(13-19)22(26)23-20-14-17(25(27)28)9-12-21(20)32-3/h4-14H,1-3H3,(H,23,26).